The molecule has 1 saturated carbocycles. The second kappa shape index (κ2) is 7.86. The molecule has 0 saturated heterocycles. The molecule has 154 valence electrons. The van der Waals surface area contributed by atoms with E-state index in [0.29, 0.717) is 12.8 Å². The number of hydrogen-bond donors (Lipinski definition) is 2. The molecular formula is C18H24F3N5O2. The molecular weight excluding hydrogens is 375 g/mol. The monoisotopic (exact) mass is 399 g/mol. The van der Waals surface area contributed by atoms with E-state index in [1.165, 1.54) is 13.2 Å². The van der Waals surface area contributed by atoms with Crippen LogP contribution in [0, 0.1) is 0 Å². The van der Waals surface area contributed by atoms with Gasteiger partial charge in [0.1, 0.15) is 18.0 Å². The van der Waals surface area contributed by atoms with Gasteiger partial charge in [0.25, 0.3) is 0 Å². The van der Waals surface area contributed by atoms with E-state index in [1.807, 2.05) is 0 Å². The first-order valence-electron chi connectivity index (χ1n) is 9.09. The lowest BCUT2D eigenvalue weighted by Gasteiger charge is -2.45. The Bertz CT molecular complexity index is 773. The third-order valence-electron chi connectivity index (χ3n) is 4.88. The zero-order chi connectivity index (χ0) is 20.4. The summed E-state index contributed by atoms with van der Waals surface area (Å²) in [5.41, 5.74) is 10.5. The summed E-state index contributed by atoms with van der Waals surface area (Å²) in [6.45, 7) is 0.376. The largest absolute Gasteiger partial charge is 0.491 e. The van der Waals surface area contributed by atoms with E-state index in [1.54, 1.807) is 4.90 Å². The maximum absolute atomic E-state index is 13.5. The Hall–Kier alpha value is -2.49. The van der Waals surface area contributed by atoms with Gasteiger partial charge in [0.15, 0.2) is 0 Å². The van der Waals surface area contributed by atoms with Gasteiger partial charge in [-0.1, -0.05) is 6.42 Å². The molecule has 10 heteroatoms. The normalized spacial score (nSPS) is 19.4. The number of guanidine groups is 2. The van der Waals surface area contributed by atoms with Gasteiger partial charge in [0.05, 0.1) is 17.9 Å². The van der Waals surface area contributed by atoms with E-state index in [4.69, 9.17) is 20.9 Å². The lowest BCUT2D eigenvalue weighted by molar-refractivity contribution is -0.137. The number of benzene rings is 1. The van der Waals surface area contributed by atoms with Crippen molar-refractivity contribution in [1.29, 1.82) is 0 Å². The van der Waals surface area contributed by atoms with E-state index >= 15 is 0 Å². The Morgan fingerprint density at radius 2 is 1.82 bits per heavy atom. The maximum atomic E-state index is 13.5. The highest BCUT2D eigenvalue weighted by Gasteiger charge is 2.43. The van der Waals surface area contributed by atoms with Crippen molar-refractivity contribution in [3.63, 3.8) is 0 Å². The lowest BCUT2D eigenvalue weighted by Crippen LogP contribution is -2.58. The molecule has 2 aliphatic rings. The molecule has 1 fully saturated rings. The number of alkyl halides is 3. The summed E-state index contributed by atoms with van der Waals surface area (Å²) in [5, 5.41) is 0. The van der Waals surface area contributed by atoms with Crippen LogP contribution in [-0.2, 0) is 10.9 Å². The highest BCUT2D eigenvalue weighted by atomic mass is 19.4. The first kappa shape index (κ1) is 20.2. The molecule has 1 heterocycles. The van der Waals surface area contributed by atoms with Crippen LogP contribution < -0.4 is 21.1 Å². The van der Waals surface area contributed by atoms with Crippen LogP contribution in [0.4, 0.5) is 18.9 Å². The van der Waals surface area contributed by atoms with E-state index in [2.05, 4.69) is 9.98 Å². The van der Waals surface area contributed by atoms with Crippen molar-refractivity contribution >= 4 is 17.6 Å². The molecule has 1 spiro atoms. The fourth-order valence-corrected chi connectivity index (χ4v) is 3.70. The number of halogens is 3. The topological polar surface area (TPSA) is 98.5 Å². The standard InChI is InChI=1S/C18H24F3N5O2/c1-27-7-8-28-14-10-12(18(19,20)21)9-13(11-14)26-16(23)24-15(22)25-17(26)5-3-2-4-6-17/h9-11H,2-8H2,1H3,(H4,22,23,24,25). The highest BCUT2D eigenvalue weighted by molar-refractivity contribution is 6.05. The quantitative estimate of drug-likeness (QED) is 0.742. The van der Waals surface area contributed by atoms with Gasteiger partial charge in [-0.3, -0.25) is 4.90 Å². The summed E-state index contributed by atoms with van der Waals surface area (Å²) < 4.78 is 50.8. The third kappa shape index (κ3) is 4.16. The Labute approximate surface area is 161 Å². The minimum atomic E-state index is -4.54. The molecule has 4 N–H and O–H groups in total. The zero-order valence-corrected chi connectivity index (χ0v) is 15.6. The number of aliphatic imine (C=N–C) groups is 2. The number of nitrogens with two attached hydrogens (primary N) is 2. The molecule has 7 nitrogen and oxygen atoms in total. The second-order valence-corrected chi connectivity index (χ2v) is 6.87. The van der Waals surface area contributed by atoms with Crippen molar-refractivity contribution in [2.75, 3.05) is 25.2 Å². The summed E-state index contributed by atoms with van der Waals surface area (Å²) in [5.74, 6) is 0.138. The van der Waals surface area contributed by atoms with Gasteiger partial charge < -0.3 is 20.9 Å². The second-order valence-electron chi connectivity index (χ2n) is 6.87. The number of hydrogen-bond acceptors (Lipinski definition) is 7. The first-order chi connectivity index (χ1) is 13.2. The predicted molar refractivity (Wildman–Crippen MR) is 100 cm³/mol. The van der Waals surface area contributed by atoms with E-state index in [-0.39, 0.29) is 36.6 Å². The molecule has 28 heavy (non-hydrogen) atoms. The van der Waals surface area contributed by atoms with Crippen molar-refractivity contribution in [2.24, 2.45) is 21.5 Å². The molecule has 1 aromatic carbocycles. The summed E-state index contributed by atoms with van der Waals surface area (Å²) in [6, 6.07) is 3.52. The maximum Gasteiger partial charge on any atom is 0.416 e. The van der Waals surface area contributed by atoms with Gasteiger partial charge in [-0.05, 0) is 37.8 Å². The van der Waals surface area contributed by atoms with Gasteiger partial charge >= 0.3 is 6.18 Å². The summed E-state index contributed by atoms with van der Waals surface area (Å²) >= 11 is 0. The molecule has 1 aliphatic carbocycles. The number of ether oxygens (including phenoxy) is 2. The molecule has 0 bridgehead atoms. The van der Waals surface area contributed by atoms with Gasteiger partial charge in [0, 0.05) is 13.2 Å². The van der Waals surface area contributed by atoms with Crippen LogP contribution >= 0.6 is 0 Å². The third-order valence-corrected chi connectivity index (χ3v) is 4.88. The number of rotatable bonds is 5. The number of anilines is 1. The minimum Gasteiger partial charge on any atom is -0.491 e. The molecule has 1 aromatic rings. The Kier molecular flexibility index (Phi) is 5.69. The van der Waals surface area contributed by atoms with Crippen LogP contribution in [0.3, 0.4) is 0 Å². The molecule has 1 aliphatic heterocycles. The van der Waals surface area contributed by atoms with Crippen LogP contribution in [0.15, 0.2) is 28.2 Å². The predicted octanol–water partition coefficient (Wildman–Crippen LogP) is 2.84. The van der Waals surface area contributed by atoms with Crippen LogP contribution in [-0.4, -0.2) is 37.9 Å². The number of nitrogens with zero attached hydrogens (tertiary/aromatic N) is 3. The smallest absolute Gasteiger partial charge is 0.416 e. The molecule has 0 amide bonds. The van der Waals surface area contributed by atoms with Crippen LogP contribution in [0.5, 0.6) is 5.75 Å². The molecule has 0 atom stereocenters. The van der Waals surface area contributed by atoms with Gasteiger partial charge in [0.2, 0.25) is 11.9 Å². The minimum absolute atomic E-state index is 0.0246. The van der Waals surface area contributed by atoms with Gasteiger partial charge in [-0.25, -0.2) is 4.99 Å². The van der Waals surface area contributed by atoms with Crippen molar-refractivity contribution in [1.82, 2.24) is 0 Å². The van der Waals surface area contributed by atoms with Crippen LogP contribution in [0.1, 0.15) is 37.7 Å². The Morgan fingerprint density at radius 1 is 1.11 bits per heavy atom. The first-order valence-corrected chi connectivity index (χ1v) is 9.09. The molecule has 0 aromatic heterocycles. The zero-order valence-electron chi connectivity index (χ0n) is 15.6. The van der Waals surface area contributed by atoms with Crippen molar-refractivity contribution in [3.05, 3.63) is 23.8 Å². The Balaban J connectivity index is 2.06. The molecule has 0 unspecified atom stereocenters. The average Bonchev–Trinajstić information content (AvgIpc) is 2.61. The van der Waals surface area contributed by atoms with E-state index in [9.17, 15) is 13.2 Å². The summed E-state index contributed by atoms with van der Waals surface area (Å²) in [4.78, 5) is 10.0. The molecule has 0 radical (unpaired) electrons. The van der Waals surface area contributed by atoms with Crippen molar-refractivity contribution in [3.8, 4) is 5.75 Å². The van der Waals surface area contributed by atoms with Crippen molar-refractivity contribution < 1.29 is 22.6 Å². The average molecular weight is 399 g/mol. The lowest BCUT2D eigenvalue weighted by atomic mass is 9.87. The van der Waals surface area contributed by atoms with E-state index < -0.39 is 17.4 Å². The fourth-order valence-electron chi connectivity index (χ4n) is 3.70. The van der Waals surface area contributed by atoms with E-state index in [0.717, 1.165) is 31.4 Å². The van der Waals surface area contributed by atoms with Crippen LogP contribution in [0.25, 0.3) is 0 Å². The summed E-state index contributed by atoms with van der Waals surface area (Å²) in [7, 11) is 1.49. The fraction of sp³-hybridized carbons (Fsp3) is 0.556. The van der Waals surface area contributed by atoms with Crippen LogP contribution in [0.2, 0.25) is 0 Å². The number of methoxy groups -OCH3 is 1. The summed E-state index contributed by atoms with van der Waals surface area (Å²) in [6.07, 6.45) is -0.525. The highest BCUT2D eigenvalue weighted by Crippen LogP contribution is 2.42. The van der Waals surface area contributed by atoms with Crippen molar-refractivity contribution in [2.45, 2.75) is 43.9 Å². The van der Waals surface area contributed by atoms with Gasteiger partial charge in [-0.15, -0.1) is 0 Å². The van der Waals surface area contributed by atoms with Gasteiger partial charge in [-0.2, -0.15) is 18.2 Å². The SMILES string of the molecule is COCCOc1cc(N2C(N)=NC(N)=NC23CCCCC3)cc(C(F)(F)F)c1. The Morgan fingerprint density at radius 3 is 2.46 bits per heavy atom. The molecule has 3 rings (SSSR count).